The predicted octanol–water partition coefficient (Wildman–Crippen LogP) is 0.471. The van der Waals surface area contributed by atoms with Gasteiger partial charge in [0, 0.05) is 12.1 Å². The number of amides is 1. The molecule has 0 bridgehead atoms. The fourth-order valence-corrected chi connectivity index (χ4v) is 1.20. The molecule has 0 spiro atoms. The van der Waals surface area contributed by atoms with Gasteiger partial charge in [-0.25, -0.2) is 0 Å². The number of benzene rings is 1. The zero-order valence-corrected chi connectivity index (χ0v) is 9.83. The normalized spacial score (nSPS) is 11.7. The summed E-state index contributed by atoms with van der Waals surface area (Å²) < 4.78 is 5.11. The Bertz CT molecular complexity index is 435. The molecule has 0 saturated heterocycles. The van der Waals surface area contributed by atoms with Crippen molar-refractivity contribution >= 4 is 11.6 Å². The third kappa shape index (κ3) is 4.38. The zero-order valence-electron chi connectivity index (χ0n) is 9.83. The lowest BCUT2D eigenvalue weighted by atomic mass is 10.3. The number of non-ortho nitro benzene ring substituents is 1. The van der Waals surface area contributed by atoms with E-state index in [1.807, 2.05) is 0 Å². The fraction of sp³-hybridized carbons (Fsp3) is 0.364. The van der Waals surface area contributed by atoms with Crippen LogP contribution in [-0.2, 0) is 4.79 Å². The highest BCUT2D eigenvalue weighted by Crippen LogP contribution is 2.18. The van der Waals surface area contributed by atoms with Crippen LogP contribution in [0.25, 0.3) is 0 Å². The lowest BCUT2D eigenvalue weighted by Gasteiger charge is -2.11. The molecule has 1 atom stereocenters. The van der Waals surface area contributed by atoms with E-state index < -0.39 is 10.8 Å². The van der Waals surface area contributed by atoms with Crippen LogP contribution in [0.1, 0.15) is 6.92 Å². The van der Waals surface area contributed by atoms with E-state index in [9.17, 15) is 14.9 Å². The monoisotopic (exact) mass is 254 g/mol. The van der Waals surface area contributed by atoms with Crippen molar-refractivity contribution in [1.82, 2.24) is 5.32 Å². The van der Waals surface area contributed by atoms with Crippen LogP contribution in [0, 0.1) is 10.1 Å². The highest BCUT2D eigenvalue weighted by molar-refractivity contribution is 5.77. The smallest absolute Gasteiger partial charge is 0.273 e. The number of nitro benzene ring substituents is 1. The molecule has 1 aromatic rings. The number of ether oxygens (including phenoxy) is 1. The molecule has 0 heterocycles. The molecule has 1 rings (SSSR count). The maximum atomic E-state index is 11.3. The molecule has 98 valence electrons. The Hall–Kier alpha value is -2.15. The molecule has 1 unspecified atom stereocenters. The van der Waals surface area contributed by atoms with Crippen molar-refractivity contribution < 1.29 is 19.6 Å². The molecule has 0 aliphatic heterocycles. The van der Waals surface area contributed by atoms with Gasteiger partial charge in [0.15, 0.2) is 6.61 Å². The second-order valence-electron chi connectivity index (χ2n) is 3.69. The van der Waals surface area contributed by atoms with Crippen molar-refractivity contribution in [3.63, 3.8) is 0 Å². The first kappa shape index (κ1) is 13.9. The number of carbonyl (C=O) groups excluding carboxylic acids is 1. The van der Waals surface area contributed by atoms with E-state index in [-0.39, 0.29) is 30.7 Å². The Morgan fingerprint density at radius 1 is 1.61 bits per heavy atom. The Kier molecular flexibility index (Phi) is 5.06. The van der Waals surface area contributed by atoms with Gasteiger partial charge in [0.05, 0.1) is 17.6 Å². The van der Waals surface area contributed by atoms with Crippen molar-refractivity contribution in [3.05, 3.63) is 34.4 Å². The molecule has 0 fully saturated rings. The van der Waals surface area contributed by atoms with Gasteiger partial charge in [-0.3, -0.25) is 14.9 Å². The number of hydrogen-bond acceptors (Lipinski definition) is 5. The molecule has 1 aromatic carbocycles. The van der Waals surface area contributed by atoms with Gasteiger partial charge in [0.25, 0.3) is 11.6 Å². The Balaban J connectivity index is 2.50. The van der Waals surface area contributed by atoms with Crippen molar-refractivity contribution in [1.29, 1.82) is 0 Å². The van der Waals surface area contributed by atoms with Crippen molar-refractivity contribution in [3.8, 4) is 5.75 Å². The summed E-state index contributed by atoms with van der Waals surface area (Å²) in [7, 11) is 0. The number of nitrogens with one attached hydrogen (secondary N) is 1. The molecule has 7 nitrogen and oxygen atoms in total. The largest absolute Gasteiger partial charge is 0.484 e. The predicted molar refractivity (Wildman–Crippen MR) is 63.3 cm³/mol. The van der Waals surface area contributed by atoms with E-state index in [0.717, 1.165) is 0 Å². The number of aliphatic hydroxyl groups is 1. The third-order valence-electron chi connectivity index (χ3n) is 2.08. The molecule has 0 aromatic heterocycles. The van der Waals surface area contributed by atoms with E-state index in [4.69, 9.17) is 9.84 Å². The number of hydrogen-bond donors (Lipinski definition) is 2. The lowest BCUT2D eigenvalue weighted by molar-refractivity contribution is -0.384. The van der Waals surface area contributed by atoms with Gasteiger partial charge >= 0.3 is 0 Å². The zero-order chi connectivity index (χ0) is 13.5. The maximum Gasteiger partial charge on any atom is 0.273 e. The van der Waals surface area contributed by atoms with Gasteiger partial charge in [-0.15, -0.1) is 0 Å². The molecule has 2 N–H and O–H groups in total. The number of rotatable bonds is 6. The van der Waals surface area contributed by atoms with Crippen LogP contribution in [0.2, 0.25) is 0 Å². The number of nitro groups is 1. The van der Waals surface area contributed by atoms with Crippen LogP contribution >= 0.6 is 0 Å². The van der Waals surface area contributed by atoms with Gasteiger partial charge in [-0.2, -0.15) is 0 Å². The minimum atomic E-state index is -0.541. The summed E-state index contributed by atoms with van der Waals surface area (Å²) in [5.74, 6) is -0.154. The number of aliphatic hydroxyl groups excluding tert-OH is 1. The van der Waals surface area contributed by atoms with Gasteiger partial charge in [0.1, 0.15) is 5.75 Å². The standard InChI is InChI=1S/C11H14N2O5/c1-8(6-14)12-11(15)7-18-10-4-2-3-9(5-10)13(16)17/h2-5,8,14H,6-7H2,1H3,(H,12,15). The molecule has 7 heteroatoms. The second kappa shape index (κ2) is 6.55. The Labute approximate surface area is 104 Å². The van der Waals surface area contributed by atoms with Crippen molar-refractivity contribution in [2.75, 3.05) is 13.2 Å². The first-order valence-electron chi connectivity index (χ1n) is 5.30. The molecular formula is C11H14N2O5. The topological polar surface area (TPSA) is 102 Å². The lowest BCUT2D eigenvalue weighted by Crippen LogP contribution is -2.38. The molecular weight excluding hydrogens is 240 g/mol. The summed E-state index contributed by atoms with van der Waals surface area (Å²) in [4.78, 5) is 21.3. The highest BCUT2D eigenvalue weighted by atomic mass is 16.6. The molecule has 1 amide bonds. The summed E-state index contributed by atoms with van der Waals surface area (Å²) in [6, 6.07) is 5.22. The SMILES string of the molecule is CC(CO)NC(=O)COc1cccc([N+](=O)[O-])c1. The summed E-state index contributed by atoms with van der Waals surface area (Å²) >= 11 is 0. The first-order valence-corrected chi connectivity index (χ1v) is 5.30. The second-order valence-corrected chi connectivity index (χ2v) is 3.69. The number of carbonyl (C=O) groups is 1. The van der Waals surface area contributed by atoms with E-state index in [1.54, 1.807) is 6.92 Å². The average molecular weight is 254 g/mol. The van der Waals surface area contributed by atoms with Crippen LogP contribution in [0.5, 0.6) is 5.75 Å². The average Bonchev–Trinajstić information content (AvgIpc) is 2.36. The van der Waals surface area contributed by atoms with Gasteiger partial charge in [0.2, 0.25) is 0 Å². The third-order valence-corrected chi connectivity index (χ3v) is 2.08. The summed E-state index contributed by atoms with van der Waals surface area (Å²) in [5, 5.41) is 21.7. The minimum absolute atomic E-state index is 0.100. The molecule has 0 radical (unpaired) electrons. The molecule has 0 aliphatic rings. The quantitative estimate of drug-likeness (QED) is 0.567. The molecule has 0 aliphatic carbocycles. The Morgan fingerprint density at radius 2 is 2.33 bits per heavy atom. The summed E-state index contributed by atoms with van der Waals surface area (Å²) in [6.07, 6.45) is 0. The van der Waals surface area contributed by atoms with Gasteiger partial charge in [-0.1, -0.05) is 6.07 Å². The van der Waals surface area contributed by atoms with Gasteiger partial charge < -0.3 is 15.2 Å². The summed E-state index contributed by atoms with van der Waals surface area (Å²) in [5.41, 5.74) is -0.100. The van der Waals surface area contributed by atoms with Crippen LogP contribution in [0.4, 0.5) is 5.69 Å². The van der Waals surface area contributed by atoms with Crippen molar-refractivity contribution in [2.24, 2.45) is 0 Å². The van der Waals surface area contributed by atoms with Crippen LogP contribution < -0.4 is 10.1 Å². The molecule has 0 saturated carbocycles. The van der Waals surface area contributed by atoms with Crippen LogP contribution in [0.3, 0.4) is 0 Å². The highest BCUT2D eigenvalue weighted by Gasteiger charge is 2.09. The minimum Gasteiger partial charge on any atom is -0.484 e. The first-order chi connectivity index (χ1) is 8.52. The maximum absolute atomic E-state index is 11.3. The van der Waals surface area contributed by atoms with Crippen LogP contribution in [0.15, 0.2) is 24.3 Å². The fourth-order valence-electron chi connectivity index (χ4n) is 1.20. The van der Waals surface area contributed by atoms with Crippen LogP contribution in [-0.4, -0.2) is 35.2 Å². The van der Waals surface area contributed by atoms with E-state index >= 15 is 0 Å². The van der Waals surface area contributed by atoms with E-state index in [0.29, 0.717) is 0 Å². The van der Waals surface area contributed by atoms with E-state index in [1.165, 1.54) is 24.3 Å². The van der Waals surface area contributed by atoms with E-state index in [2.05, 4.69) is 5.32 Å². The van der Waals surface area contributed by atoms with Gasteiger partial charge in [-0.05, 0) is 13.0 Å². The summed E-state index contributed by atoms with van der Waals surface area (Å²) in [6.45, 7) is 1.22. The van der Waals surface area contributed by atoms with Crippen molar-refractivity contribution in [2.45, 2.75) is 13.0 Å². The Morgan fingerprint density at radius 3 is 2.94 bits per heavy atom. The number of nitrogens with zero attached hydrogens (tertiary/aromatic N) is 1. The molecule has 18 heavy (non-hydrogen) atoms.